The SMILES string of the molecule is Cc1ccc2oc(-c3ccc(C)c(NC(=O)c4ccccc4C)c3)nc2c1. The highest BCUT2D eigenvalue weighted by atomic mass is 16.3. The topological polar surface area (TPSA) is 55.1 Å². The zero-order chi connectivity index (χ0) is 19.0. The fourth-order valence-corrected chi connectivity index (χ4v) is 3.07. The van der Waals surface area contributed by atoms with Gasteiger partial charge in [0.25, 0.3) is 5.91 Å². The van der Waals surface area contributed by atoms with Crippen molar-refractivity contribution < 1.29 is 9.21 Å². The molecule has 0 atom stereocenters. The molecule has 4 rings (SSSR count). The molecule has 0 radical (unpaired) electrons. The number of hydrogen-bond acceptors (Lipinski definition) is 3. The molecule has 1 heterocycles. The number of nitrogens with zero attached hydrogens (tertiary/aromatic N) is 1. The van der Waals surface area contributed by atoms with E-state index in [4.69, 9.17) is 4.42 Å². The van der Waals surface area contributed by atoms with E-state index >= 15 is 0 Å². The summed E-state index contributed by atoms with van der Waals surface area (Å²) in [5.41, 5.74) is 6.88. The summed E-state index contributed by atoms with van der Waals surface area (Å²) in [5, 5.41) is 3.01. The maximum Gasteiger partial charge on any atom is 0.255 e. The van der Waals surface area contributed by atoms with E-state index in [0.29, 0.717) is 11.5 Å². The number of nitrogens with one attached hydrogen (secondary N) is 1. The number of anilines is 1. The van der Waals surface area contributed by atoms with Crippen molar-refractivity contribution in [3.05, 3.63) is 82.9 Å². The van der Waals surface area contributed by atoms with Crippen LogP contribution in [-0.4, -0.2) is 10.9 Å². The van der Waals surface area contributed by atoms with Gasteiger partial charge in [0.1, 0.15) is 5.52 Å². The van der Waals surface area contributed by atoms with Crippen LogP contribution in [0.4, 0.5) is 5.69 Å². The van der Waals surface area contributed by atoms with Gasteiger partial charge in [-0.25, -0.2) is 4.98 Å². The summed E-state index contributed by atoms with van der Waals surface area (Å²) < 4.78 is 5.89. The van der Waals surface area contributed by atoms with Crippen LogP contribution in [0.1, 0.15) is 27.0 Å². The molecule has 1 N–H and O–H groups in total. The summed E-state index contributed by atoms with van der Waals surface area (Å²) >= 11 is 0. The predicted molar refractivity (Wildman–Crippen MR) is 108 cm³/mol. The number of fused-ring (bicyclic) bond motifs is 1. The zero-order valence-corrected chi connectivity index (χ0v) is 15.5. The van der Waals surface area contributed by atoms with Crippen molar-refractivity contribution in [2.75, 3.05) is 5.32 Å². The van der Waals surface area contributed by atoms with Crippen molar-refractivity contribution >= 4 is 22.7 Å². The lowest BCUT2D eigenvalue weighted by atomic mass is 10.1. The Balaban J connectivity index is 1.68. The van der Waals surface area contributed by atoms with Crippen molar-refractivity contribution in [3.63, 3.8) is 0 Å². The first-order chi connectivity index (χ1) is 13.0. The average molecular weight is 356 g/mol. The number of oxazole rings is 1. The molecule has 0 spiro atoms. The van der Waals surface area contributed by atoms with Crippen LogP contribution in [0.15, 0.2) is 65.1 Å². The average Bonchev–Trinajstić information content (AvgIpc) is 3.07. The lowest BCUT2D eigenvalue weighted by Crippen LogP contribution is -2.14. The second kappa shape index (κ2) is 6.72. The number of carbonyl (C=O) groups excluding carboxylic acids is 1. The third kappa shape index (κ3) is 3.34. The van der Waals surface area contributed by atoms with E-state index in [1.54, 1.807) is 0 Å². The van der Waals surface area contributed by atoms with E-state index < -0.39 is 0 Å². The first kappa shape index (κ1) is 17.0. The normalized spacial score (nSPS) is 10.9. The Kier molecular flexibility index (Phi) is 4.24. The monoisotopic (exact) mass is 356 g/mol. The second-order valence-electron chi connectivity index (χ2n) is 6.79. The van der Waals surface area contributed by atoms with E-state index in [9.17, 15) is 4.79 Å². The number of rotatable bonds is 3. The third-order valence-electron chi connectivity index (χ3n) is 4.67. The van der Waals surface area contributed by atoms with Crippen LogP contribution >= 0.6 is 0 Å². The third-order valence-corrected chi connectivity index (χ3v) is 4.67. The van der Waals surface area contributed by atoms with Gasteiger partial charge in [0.2, 0.25) is 5.89 Å². The molecule has 0 aliphatic rings. The molecule has 0 bridgehead atoms. The highest BCUT2D eigenvalue weighted by Crippen LogP contribution is 2.28. The van der Waals surface area contributed by atoms with Crippen LogP contribution in [0, 0.1) is 20.8 Å². The van der Waals surface area contributed by atoms with Crippen LogP contribution in [0.25, 0.3) is 22.6 Å². The highest BCUT2D eigenvalue weighted by molar-refractivity contribution is 6.05. The van der Waals surface area contributed by atoms with Crippen molar-refractivity contribution in [1.29, 1.82) is 0 Å². The Hall–Kier alpha value is -3.40. The first-order valence-corrected chi connectivity index (χ1v) is 8.86. The van der Waals surface area contributed by atoms with Gasteiger partial charge in [-0.15, -0.1) is 0 Å². The van der Waals surface area contributed by atoms with Crippen LogP contribution in [0.3, 0.4) is 0 Å². The molecule has 4 aromatic rings. The predicted octanol–water partition coefficient (Wildman–Crippen LogP) is 5.67. The minimum atomic E-state index is -0.124. The van der Waals surface area contributed by atoms with Gasteiger partial charge in [-0.2, -0.15) is 0 Å². The number of benzene rings is 3. The number of aryl methyl sites for hydroxylation is 3. The summed E-state index contributed by atoms with van der Waals surface area (Å²) in [6.45, 7) is 5.92. The molecule has 134 valence electrons. The van der Waals surface area contributed by atoms with Crippen LogP contribution in [0.5, 0.6) is 0 Å². The second-order valence-corrected chi connectivity index (χ2v) is 6.79. The number of aromatic nitrogens is 1. The van der Waals surface area contributed by atoms with E-state index in [1.807, 2.05) is 81.4 Å². The Morgan fingerprint density at radius 3 is 2.56 bits per heavy atom. The summed E-state index contributed by atoms with van der Waals surface area (Å²) in [4.78, 5) is 17.2. The molecular weight excluding hydrogens is 336 g/mol. The molecule has 0 fully saturated rings. The van der Waals surface area contributed by atoms with Crippen molar-refractivity contribution in [2.24, 2.45) is 0 Å². The van der Waals surface area contributed by atoms with E-state index in [1.165, 1.54) is 0 Å². The standard InChI is InChI=1S/C23H20N2O2/c1-14-8-11-21-20(12-14)25-23(27-21)17-10-9-16(3)19(13-17)24-22(26)18-7-5-4-6-15(18)2/h4-13H,1-3H3,(H,24,26). The molecule has 0 saturated heterocycles. The maximum atomic E-state index is 12.7. The molecule has 0 saturated carbocycles. The quantitative estimate of drug-likeness (QED) is 0.514. The molecule has 0 aliphatic heterocycles. The van der Waals surface area contributed by atoms with Crippen LogP contribution < -0.4 is 5.32 Å². The zero-order valence-electron chi connectivity index (χ0n) is 15.5. The van der Waals surface area contributed by atoms with Gasteiger partial charge >= 0.3 is 0 Å². The van der Waals surface area contributed by atoms with Gasteiger partial charge in [-0.05, 0) is 67.8 Å². The summed E-state index contributed by atoms with van der Waals surface area (Å²) in [5.74, 6) is 0.420. The van der Waals surface area contributed by atoms with Crippen molar-refractivity contribution in [2.45, 2.75) is 20.8 Å². The van der Waals surface area contributed by atoms with Gasteiger partial charge < -0.3 is 9.73 Å². The molecule has 1 aromatic heterocycles. The lowest BCUT2D eigenvalue weighted by molar-refractivity contribution is 0.102. The van der Waals surface area contributed by atoms with Crippen molar-refractivity contribution in [3.8, 4) is 11.5 Å². The fourth-order valence-electron chi connectivity index (χ4n) is 3.07. The molecule has 4 heteroatoms. The van der Waals surface area contributed by atoms with Crippen LogP contribution in [0.2, 0.25) is 0 Å². The fraction of sp³-hybridized carbons (Fsp3) is 0.130. The largest absolute Gasteiger partial charge is 0.436 e. The minimum absolute atomic E-state index is 0.124. The van der Waals surface area contributed by atoms with Gasteiger partial charge in [0, 0.05) is 16.8 Å². The molecule has 27 heavy (non-hydrogen) atoms. The molecule has 0 aliphatic carbocycles. The molecule has 1 amide bonds. The summed E-state index contributed by atoms with van der Waals surface area (Å²) in [6, 6.07) is 19.3. The van der Waals surface area contributed by atoms with E-state index in [0.717, 1.165) is 39.0 Å². The Labute approximate surface area is 157 Å². The molecular formula is C23H20N2O2. The number of hydrogen-bond donors (Lipinski definition) is 1. The van der Waals surface area contributed by atoms with E-state index in [-0.39, 0.29) is 5.91 Å². The van der Waals surface area contributed by atoms with E-state index in [2.05, 4.69) is 10.3 Å². The summed E-state index contributed by atoms with van der Waals surface area (Å²) in [6.07, 6.45) is 0. The van der Waals surface area contributed by atoms with Crippen LogP contribution in [-0.2, 0) is 0 Å². The molecule has 4 nitrogen and oxygen atoms in total. The Morgan fingerprint density at radius 2 is 1.74 bits per heavy atom. The van der Waals surface area contributed by atoms with Gasteiger partial charge in [-0.1, -0.05) is 30.3 Å². The summed E-state index contributed by atoms with van der Waals surface area (Å²) in [7, 11) is 0. The Morgan fingerprint density at radius 1 is 0.926 bits per heavy atom. The first-order valence-electron chi connectivity index (χ1n) is 8.86. The number of amides is 1. The van der Waals surface area contributed by atoms with Crippen molar-refractivity contribution in [1.82, 2.24) is 4.98 Å². The minimum Gasteiger partial charge on any atom is -0.436 e. The maximum absolute atomic E-state index is 12.7. The van der Waals surface area contributed by atoms with Gasteiger partial charge in [0.05, 0.1) is 0 Å². The number of carbonyl (C=O) groups is 1. The smallest absolute Gasteiger partial charge is 0.255 e. The molecule has 0 unspecified atom stereocenters. The molecule has 3 aromatic carbocycles. The highest BCUT2D eigenvalue weighted by Gasteiger charge is 2.13. The Bertz CT molecular complexity index is 1160. The lowest BCUT2D eigenvalue weighted by Gasteiger charge is -2.11. The van der Waals surface area contributed by atoms with Gasteiger partial charge in [-0.3, -0.25) is 4.79 Å². The van der Waals surface area contributed by atoms with Gasteiger partial charge in [0.15, 0.2) is 5.58 Å².